The average molecular weight is 477 g/mol. The molecular weight excluding hydrogens is 464 g/mol. The molecule has 0 unspecified atom stereocenters. The van der Waals surface area contributed by atoms with Gasteiger partial charge in [-0.15, -0.1) is 11.3 Å². The molecule has 0 aliphatic rings. The minimum atomic E-state index is -4.41. The molecule has 0 fully saturated rings. The Balaban J connectivity index is 1.53. The molecule has 3 rings (SSSR count). The summed E-state index contributed by atoms with van der Waals surface area (Å²) in [7, 11) is 0. The van der Waals surface area contributed by atoms with Crippen molar-refractivity contribution in [3.8, 4) is 0 Å². The Morgan fingerprint density at radius 1 is 1.14 bits per heavy atom. The summed E-state index contributed by atoms with van der Waals surface area (Å²) in [6, 6.07) is 9.59. The van der Waals surface area contributed by atoms with Crippen molar-refractivity contribution in [1.82, 2.24) is 4.98 Å². The fraction of sp³-hybridized carbons (Fsp3) is 0.158. The summed E-state index contributed by atoms with van der Waals surface area (Å²) < 4.78 is 38.5. The lowest BCUT2D eigenvalue weighted by Crippen LogP contribution is -2.15. The van der Waals surface area contributed by atoms with Gasteiger partial charge >= 0.3 is 6.18 Å². The van der Waals surface area contributed by atoms with E-state index < -0.39 is 11.7 Å². The SMILES string of the molecule is O=C(Cc1csc(SCc2ccc(Cl)cc2Cl)n1)Nc1ccc(C(F)(F)F)cc1. The maximum Gasteiger partial charge on any atom is 0.416 e. The number of hydrogen-bond acceptors (Lipinski definition) is 4. The Bertz CT molecular complexity index is 1010. The van der Waals surface area contributed by atoms with Crippen molar-refractivity contribution < 1.29 is 18.0 Å². The molecule has 1 heterocycles. The lowest BCUT2D eigenvalue weighted by atomic mass is 10.2. The predicted molar refractivity (Wildman–Crippen MR) is 112 cm³/mol. The second kappa shape index (κ2) is 9.38. The number of anilines is 1. The number of nitrogens with one attached hydrogen (secondary N) is 1. The van der Waals surface area contributed by atoms with Gasteiger partial charge in [0.25, 0.3) is 0 Å². The zero-order chi connectivity index (χ0) is 21.0. The van der Waals surface area contributed by atoms with E-state index in [0.29, 0.717) is 27.2 Å². The molecule has 0 atom stereocenters. The molecule has 1 amide bonds. The van der Waals surface area contributed by atoms with Crippen LogP contribution in [-0.4, -0.2) is 10.9 Å². The van der Waals surface area contributed by atoms with Crippen LogP contribution in [0.2, 0.25) is 10.0 Å². The van der Waals surface area contributed by atoms with Crippen molar-refractivity contribution in [2.45, 2.75) is 22.7 Å². The Morgan fingerprint density at radius 2 is 1.86 bits per heavy atom. The lowest BCUT2D eigenvalue weighted by Gasteiger charge is -2.08. The molecule has 0 bridgehead atoms. The van der Waals surface area contributed by atoms with E-state index >= 15 is 0 Å². The van der Waals surface area contributed by atoms with Crippen LogP contribution in [0.4, 0.5) is 18.9 Å². The normalized spacial score (nSPS) is 11.5. The summed E-state index contributed by atoms with van der Waals surface area (Å²) in [6.07, 6.45) is -4.38. The molecule has 1 N–H and O–H groups in total. The first-order chi connectivity index (χ1) is 13.7. The quantitative estimate of drug-likeness (QED) is 0.391. The third kappa shape index (κ3) is 6.37. The van der Waals surface area contributed by atoms with Gasteiger partial charge in [-0.25, -0.2) is 4.98 Å². The molecule has 0 spiro atoms. The van der Waals surface area contributed by atoms with Crippen molar-refractivity contribution in [3.05, 3.63) is 74.7 Å². The van der Waals surface area contributed by atoms with E-state index in [1.807, 2.05) is 6.07 Å². The minimum absolute atomic E-state index is 0.0276. The summed E-state index contributed by atoms with van der Waals surface area (Å²) in [6.45, 7) is 0. The number of alkyl halides is 3. The van der Waals surface area contributed by atoms with Crippen molar-refractivity contribution in [2.75, 3.05) is 5.32 Å². The summed E-state index contributed by atoms with van der Waals surface area (Å²) in [4.78, 5) is 16.5. The molecule has 0 radical (unpaired) electrons. The van der Waals surface area contributed by atoms with Crippen molar-refractivity contribution in [1.29, 1.82) is 0 Å². The first-order valence-corrected chi connectivity index (χ1v) is 10.8. The van der Waals surface area contributed by atoms with Gasteiger partial charge in [-0.2, -0.15) is 13.2 Å². The van der Waals surface area contributed by atoms with Crippen LogP contribution in [-0.2, 0) is 23.1 Å². The number of aromatic nitrogens is 1. The van der Waals surface area contributed by atoms with Crippen molar-refractivity contribution >= 4 is 57.9 Å². The van der Waals surface area contributed by atoms with Gasteiger partial charge in [0.05, 0.1) is 17.7 Å². The number of carbonyl (C=O) groups is 1. The van der Waals surface area contributed by atoms with Crippen LogP contribution in [0.25, 0.3) is 0 Å². The number of thiazole rings is 1. The van der Waals surface area contributed by atoms with Crippen LogP contribution in [0.5, 0.6) is 0 Å². The highest BCUT2D eigenvalue weighted by Crippen LogP contribution is 2.31. The highest BCUT2D eigenvalue weighted by atomic mass is 35.5. The molecule has 0 aliphatic heterocycles. The van der Waals surface area contributed by atoms with E-state index in [1.165, 1.54) is 35.2 Å². The van der Waals surface area contributed by atoms with Gasteiger partial charge in [0.1, 0.15) is 4.34 Å². The molecule has 1 aromatic heterocycles. The average Bonchev–Trinajstić information content (AvgIpc) is 3.08. The molecule has 0 saturated carbocycles. The van der Waals surface area contributed by atoms with E-state index in [9.17, 15) is 18.0 Å². The van der Waals surface area contributed by atoms with Crippen LogP contribution in [0, 0.1) is 0 Å². The number of nitrogens with zero attached hydrogens (tertiary/aromatic N) is 1. The number of thioether (sulfide) groups is 1. The third-order valence-corrected chi connectivity index (χ3v) is 6.44. The Kier molecular flexibility index (Phi) is 7.10. The zero-order valence-electron chi connectivity index (χ0n) is 14.6. The molecule has 0 aliphatic carbocycles. The van der Waals surface area contributed by atoms with Crippen LogP contribution >= 0.6 is 46.3 Å². The second-order valence-corrected chi connectivity index (χ2v) is 8.85. The molecule has 152 valence electrons. The molecular formula is C19H13Cl2F3N2OS2. The van der Waals surface area contributed by atoms with Gasteiger partial charge < -0.3 is 5.32 Å². The Hall–Kier alpha value is -1.74. The Labute approximate surface area is 183 Å². The monoisotopic (exact) mass is 476 g/mol. The fourth-order valence-electron chi connectivity index (χ4n) is 2.33. The van der Waals surface area contributed by atoms with Gasteiger partial charge in [0.2, 0.25) is 5.91 Å². The highest BCUT2D eigenvalue weighted by Gasteiger charge is 2.30. The van der Waals surface area contributed by atoms with Crippen LogP contribution in [0.3, 0.4) is 0 Å². The summed E-state index contributed by atoms with van der Waals surface area (Å²) >= 11 is 14.9. The number of benzene rings is 2. The summed E-state index contributed by atoms with van der Waals surface area (Å²) in [5, 5.41) is 5.50. The number of hydrogen-bond donors (Lipinski definition) is 1. The summed E-state index contributed by atoms with van der Waals surface area (Å²) in [5.41, 5.74) is 1.05. The van der Waals surface area contributed by atoms with Crippen LogP contribution in [0.15, 0.2) is 52.2 Å². The van der Waals surface area contributed by atoms with E-state index in [0.717, 1.165) is 22.0 Å². The van der Waals surface area contributed by atoms with Gasteiger partial charge in [-0.05, 0) is 42.0 Å². The maximum atomic E-state index is 12.6. The first kappa shape index (κ1) is 22.0. The highest BCUT2D eigenvalue weighted by molar-refractivity contribution is 8.00. The predicted octanol–water partition coefficient (Wildman–Crippen LogP) is 6.94. The summed E-state index contributed by atoms with van der Waals surface area (Å²) in [5.74, 6) is 0.258. The van der Waals surface area contributed by atoms with Crippen LogP contribution in [0.1, 0.15) is 16.8 Å². The fourth-order valence-corrected chi connectivity index (χ4v) is 4.73. The van der Waals surface area contributed by atoms with E-state index in [-0.39, 0.29) is 12.3 Å². The standard InChI is InChI=1S/C19H13Cl2F3N2OS2/c20-13-4-1-11(16(21)7-13)9-28-18-26-15(10-29-18)8-17(27)25-14-5-2-12(3-6-14)19(22,23)24/h1-7,10H,8-9H2,(H,25,27). The number of rotatable bonds is 6. The lowest BCUT2D eigenvalue weighted by molar-refractivity contribution is -0.137. The van der Waals surface area contributed by atoms with Gasteiger partial charge in [-0.3, -0.25) is 4.79 Å². The molecule has 10 heteroatoms. The van der Waals surface area contributed by atoms with Crippen molar-refractivity contribution in [2.24, 2.45) is 0 Å². The zero-order valence-corrected chi connectivity index (χ0v) is 17.7. The second-order valence-electron chi connectivity index (χ2n) is 5.93. The maximum absolute atomic E-state index is 12.6. The van der Waals surface area contributed by atoms with Gasteiger partial charge in [0.15, 0.2) is 0 Å². The number of halogens is 5. The smallest absolute Gasteiger partial charge is 0.326 e. The third-order valence-electron chi connectivity index (χ3n) is 3.73. The number of amides is 1. The van der Waals surface area contributed by atoms with E-state index in [2.05, 4.69) is 10.3 Å². The topological polar surface area (TPSA) is 42.0 Å². The van der Waals surface area contributed by atoms with Gasteiger partial charge in [0, 0.05) is 26.9 Å². The van der Waals surface area contributed by atoms with Crippen molar-refractivity contribution in [3.63, 3.8) is 0 Å². The first-order valence-electron chi connectivity index (χ1n) is 8.19. The Morgan fingerprint density at radius 3 is 2.52 bits per heavy atom. The van der Waals surface area contributed by atoms with Gasteiger partial charge in [-0.1, -0.05) is 41.0 Å². The largest absolute Gasteiger partial charge is 0.416 e. The van der Waals surface area contributed by atoms with E-state index in [4.69, 9.17) is 23.2 Å². The molecule has 29 heavy (non-hydrogen) atoms. The molecule has 3 nitrogen and oxygen atoms in total. The molecule has 0 saturated heterocycles. The van der Waals surface area contributed by atoms with Crippen LogP contribution < -0.4 is 5.32 Å². The number of carbonyl (C=O) groups excluding carboxylic acids is 1. The van der Waals surface area contributed by atoms with E-state index in [1.54, 1.807) is 17.5 Å². The minimum Gasteiger partial charge on any atom is -0.326 e. The molecule has 2 aromatic carbocycles. The molecule has 3 aromatic rings.